The third-order valence-electron chi connectivity index (χ3n) is 7.69. The van der Waals surface area contributed by atoms with E-state index < -0.39 is 0 Å². The summed E-state index contributed by atoms with van der Waals surface area (Å²) in [6.45, 7) is 4.00. The van der Waals surface area contributed by atoms with Crippen molar-refractivity contribution in [1.82, 2.24) is 9.99 Å². The van der Waals surface area contributed by atoms with Gasteiger partial charge in [-0.15, -0.1) is 0 Å². The first-order valence-corrected chi connectivity index (χ1v) is 13.5. The minimum Gasteiger partial charge on any atom is -0.309 e. The molecule has 3 unspecified atom stereocenters. The highest BCUT2D eigenvalue weighted by molar-refractivity contribution is 6.09. The van der Waals surface area contributed by atoms with Crippen molar-refractivity contribution in [3.63, 3.8) is 0 Å². The third kappa shape index (κ3) is 4.15. The molecular formula is C34H33N3. The van der Waals surface area contributed by atoms with Crippen LogP contribution in [-0.4, -0.2) is 10.8 Å². The Balaban J connectivity index is 0.00000123. The zero-order valence-corrected chi connectivity index (χ0v) is 21.5. The van der Waals surface area contributed by atoms with Crippen LogP contribution in [0.2, 0.25) is 0 Å². The maximum atomic E-state index is 4.47. The number of fused-ring (bicyclic) bond motifs is 4. The highest BCUT2D eigenvalue weighted by Gasteiger charge is 2.31. The van der Waals surface area contributed by atoms with Crippen molar-refractivity contribution in [3.8, 4) is 16.8 Å². The number of hydrazone groups is 1. The molecule has 4 aromatic carbocycles. The Hall–Kier alpha value is -4.11. The summed E-state index contributed by atoms with van der Waals surface area (Å²) in [5.41, 5.74) is 10.8. The molecule has 0 fully saturated rings. The predicted molar refractivity (Wildman–Crippen MR) is 157 cm³/mol. The largest absolute Gasteiger partial charge is 0.309 e. The lowest BCUT2D eigenvalue weighted by molar-refractivity contribution is 0.324. The summed E-state index contributed by atoms with van der Waals surface area (Å²) in [5, 5.41) is 7.05. The van der Waals surface area contributed by atoms with Gasteiger partial charge < -0.3 is 9.99 Å². The van der Waals surface area contributed by atoms with Gasteiger partial charge in [-0.05, 0) is 53.8 Å². The summed E-state index contributed by atoms with van der Waals surface area (Å²) in [4.78, 5) is 0. The van der Waals surface area contributed by atoms with Gasteiger partial charge in [0.1, 0.15) is 0 Å². The number of hydrogen-bond acceptors (Lipinski definition) is 2. The number of nitrogens with one attached hydrogen (secondary N) is 1. The van der Waals surface area contributed by atoms with E-state index >= 15 is 0 Å². The van der Waals surface area contributed by atoms with Gasteiger partial charge in [0.05, 0.1) is 17.1 Å². The summed E-state index contributed by atoms with van der Waals surface area (Å²) in [5.74, 6) is 1.02. The second-order valence-electron chi connectivity index (χ2n) is 9.67. The lowest BCUT2D eigenvalue weighted by atomic mass is 9.77. The van der Waals surface area contributed by atoms with E-state index in [0.29, 0.717) is 11.8 Å². The van der Waals surface area contributed by atoms with E-state index in [4.69, 9.17) is 0 Å². The third-order valence-corrected chi connectivity index (χ3v) is 7.69. The molecule has 1 N–H and O–H groups in total. The lowest BCUT2D eigenvalue weighted by Gasteiger charge is -2.35. The Morgan fingerprint density at radius 3 is 1.97 bits per heavy atom. The Kier molecular flexibility index (Phi) is 6.36. The van der Waals surface area contributed by atoms with Gasteiger partial charge in [-0.3, -0.25) is 0 Å². The van der Waals surface area contributed by atoms with Crippen molar-refractivity contribution in [3.05, 3.63) is 115 Å². The molecule has 3 atom stereocenters. The van der Waals surface area contributed by atoms with Crippen LogP contribution in [0.5, 0.6) is 0 Å². The maximum Gasteiger partial charge on any atom is 0.0758 e. The van der Waals surface area contributed by atoms with Crippen molar-refractivity contribution in [2.24, 2.45) is 16.9 Å². The maximum absolute atomic E-state index is 4.47. The van der Waals surface area contributed by atoms with E-state index in [1.807, 2.05) is 13.8 Å². The highest BCUT2D eigenvalue weighted by atomic mass is 15.3. The Bertz CT molecular complexity index is 1520. The number of aromatic nitrogens is 1. The highest BCUT2D eigenvalue weighted by Crippen LogP contribution is 2.37. The summed E-state index contributed by atoms with van der Waals surface area (Å²) >= 11 is 0. The number of nitrogens with zero attached hydrogens (tertiary/aromatic N) is 2. The summed E-state index contributed by atoms with van der Waals surface area (Å²) in [6.07, 6.45) is 9.14. The van der Waals surface area contributed by atoms with Crippen LogP contribution < -0.4 is 5.43 Å². The number of para-hydroxylation sites is 2. The Morgan fingerprint density at radius 2 is 1.32 bits per heavy atom. The van der Waals surface area contributed by atoms with Gasteiger partial charge in [0, 0.05) is 34.5 Å². The van der Waals surface area contributed by atoms with E-state index in [2.05, 4.69) is 131 Å². The Morgan fingerprint density at radius 1 is 0.730 bits per heavy atom. The molecule has 1 aliphatic carbocycles. The van der Waals surface area contributed by atoms with Crippen molar-refractivity contribution in [2.45, 2.75) is 32.7 Å². The molecule has 1 aliphatic heterocycles. The molecule has 0 radical (unpaired) electrons. The molecule has 5 aromatic rings. The minimum atomic E-state index is 0.244. The van der Waals surface area contributed by atoms with Gasteiger partial charge in [0.25, 0.3) is 0 Å². The zero-order chi connectivity index (χ0) is 25.2. The van der Waals surface area contributed by atoms with Gasteiger partial charge in [0.15, 0.2) is 0 Å². The predicted octanol–water partition coefficient (Wildman–Crippen LogP) is 8.69. The first kappa shape index (κ1) is 23.3. The van der Waals surface area contributed by atoms with E-state index in [-0.39, 0.29) is 6.04 Å². The monoisotopic (exact) mass is 483 g/mol. The van der Waals surface area contributed by atoms with Gasteiger partial charge in [-0.2, -0.15) is 5.10 Å². The molecule has 184 valence electrons. The average Bonchev–Trinajstić information content (AvgIpc) is 3.33. The van der Waals surface area contributed by atoms with E-state index in [0.717, 1.165) is 6.42 Å². The number of hydrogen-bond donors (Lipinski definition) is 1. The second-order valence-corrected chi connectivity index (χ2v) is 9.67. The first-order chi connectivity index (χ1) is 18.4. The summed E-state index contributed by atoms with van der Waals surface area (Å²) in [7, 11) is 0. The number of benzene rings is 4. The van der Waals surface area contributed by atoms with E-state index in [1.165, 1.54) is 50.6 Å². The van der Waals surface area contributed by atoms with Crippen LogP contribution in [0, 0.1) is 11.8 Å². The van der Waals surface area contributed by atoms with Crippen molar-refractivity contribution in [2.75, 3.05) is 0 Å². The second kappa shape index (κ2) is 10.1. The molecule has 2 heterocycles. The van der Waals surface area contributed by atoms with Crippen molar-refractivity contribution < 1.29 is 0 Å². The molecule has 0 saturated carbocycles. The fraction of sp³-hybridized carbons (Fsp3) is 0.206. The molecule has 0 spiro atoms. The smallest absolute Gasteiger partial charge is 0.0758 e. The van der Waals surface area contributed by atoms with Crippen LogP contribution in [-0.2, 0) is 0 Å². The molecular weight excluding hydrogens is 450 g/mol. The normalized spacial score (nSPS) is 20.2. The SMILES string of the molecule is C1=CC2C(C=NNC2c2ccc(-c3ccc(-n4c5ccccc5c5ccccc54)cc3)cc2)CC1.CC. The van der Waals surface area contributed by atoms with Crippen LogP contribution in [0.15, 0.2) is 114 Å². The quantitative estimate of drug-likeness (QED) is 0.256. The van der Waals surface area contributed by atoms with Gasteiger partial charge in [0.2, 0.25) is 0 Å². The zero-order valence-electron chi connectivity index (χ0n) is 21.5. The van der Waals surface area contributed by atoms with Crippen LogP contribution in [0.4, 0.5) is 0 Å². The van der Waals surface area contributed by atoms with Crippen LogP contribution in [0.25, 0.3) is 38.6 Å². The van der Waals surface area contributed by atoms with Gasteiger partial charge >= 0.3 is 0 Å². The molecule has 0 saturated heterocycles. The van der Waals surface area contributed by atoms with Crippen LogP contribution in [0.1, 0.15) is 38.3 Å². The molecule has 7 rings (SSSR count). The van der Waals surface area contributed by atoms with Crippen LogP contribution >= 0.6 is 0 Å². The van der Waals surface area contributed by atoms with Crippen molar-refractivity contribution >= 4 is 28.0 Å². The van der Waals surface area contributed by atoms with Gasteiger partial charge in [-0.25, -0.2) is 0 Å². The topological polar surface area (TPSA) is 29.3 Å². The fourth-order valence-electron chi connectivity index (χ4n) is 5.90. The molecule has 1 aromatic heterocycles. The molecule has 0 bridgehead atoms. The van der Waals surface area contributed by atoms with Crippen LogP contribution in [0.3, 0.4) is 0 Å². The first-order valence-electron chi connectivity index (χ1n) is 13.5. The number of rotatable bonds is 3. The fourth-order valence-corrected chi connectivity index (χ4v) is 5.90. The average molecular weight is 484 g/mol. The lowest BCUT2D eigenvalue weighted by Crippen LogP contribution is -2.35. The van der Waals surface area contributed by atoms with Crippen molar-refractivity contribution in [1.29, 1.82) is 0 Å². The summed E-state index contributed by atoms with van der Waals surface area (Å²) < 4.78 is 2.36. The molecule has 3 nitrogen and oxygen atoms in total. The van der Waals surface area contributed by atoms with Gasteiger partial charge in [-0.1, -0.05) is 98.8 Å². The number of allylic oxidation sites excluding steroid dienone is 1. The van der Waals surface area contributed by atoms with E-state index in [1.54, 1.807) is 0 Å². The molecule has 3 heteroatoms. The summed E-state index contributed by atoms with van der Waals surface area (Å²) in [6, 6.07) is 35.5. The molecule has 0 amide bonds. The molecule has 2 aliphatic rings. The standard InChI is InChI=1S/C32H27N3.C2H6/c1-2-8-27-25(7-1)21-33-34-32(27)24-15-13-22(14-16-24)23-17-19-26(20-18-23)35-30-11-5-3-9-28(30)29-10-4-6-12-31(29)35;1-2/h2-6,8-21,25,27,32,34H,1,7H2;1-2H3. The van der Waals surface area contributed by atoms with E-state index in [9.17, 15) is 0 Å². The Labute approximate surface area is 219 Å². The minimum absolute atomic E-state index is 0.244. The molecule has 37 heavy (non-hydrogen) atoms.